The number of hydrogen-bond acceptors (Lipinski definition) is 3. The highest BCUT2D eigenvalue weighted by molar-refractivity contribution is 5.89. The van der Waals surface area contributed by atoms with E-state index in [0.717, 1.165) is 11.1 Å². The lowest BCUT2D eigenvalue weighted by molar-refractivity contribution is 0.0467. The van der Waals surface area contributed by atoms with E-state index < -0.39 is 11.8 Å². The number of carbonyl (C=O) groups excluding carboxylic acids is 1. The van der Waals surface area contributed by atoms with Crippen LogP contribution in [0.3, 0.4) is 0 Å². The van der Waals surface area contributed by atoms with Gasteiger partial charge in [-0.1, -0.05) is 60.7 Å². The zero-order valence-corrected chi connectivity index (χ0v) is 13.5. The first-order valence-electron chi connectivity index (χ1n) is 7.90. The molecule has 0 unspecified atom stereocenters. The first-order chi connectivity index (χ1) is 12.2. The maximum Gasteiger partial charge on any atom is 0.341 e. The van der Waals surface area contributed by atoms with Crippen molar-refractivity contribution in [2.45, 2.75) is 13.2 Å². The number of carbonyl (C=O) groups is 1. The highest BCUT2D eigenvalue weighted by Crippen LogP contribution is 2.19. The van der Waals surface area contributed by atoms with E-state index in [1.54, 1.807) is 6.07 Å². The van der Waals surface area contributed by atoms with E-state index in [1.165, 1.54) is 12.1 Å². The molecule has 3 aromatic carbocycles. The van der Waals surface area contributed by atoms with Crippen LogP contribution in [0.25, 0.3) is 0 Å². The Morgan fingerprint density at radius 2 is 1.40 bits per heavy atom. The van der Waals surface area contributed by atoms with Gasteiger partial charge >= 0.3 is 5.97 Å². The Labute approximate surface area is 145 Å². The second-order valence-corrected chi connectivity index (χ2v) is 5.48. The van der Waals surface area contributed by atoms with Gasteiger partial charge in [-0.15, -0.1) is 0 Å². The van der Waals surface area contributed by atoms with Gasteiger partial charge in [0, 0.05) is 6.07 Å². The maximum absolute atomic E-state index is 14.2. The van der Waals surface area contributed by atoms with Gasteiger partial charge in [-0.25, -0.2) is 9.18 Å². The summed E-state index contributed by atoms with van der Waals surface area (Å²) in [7, 11) is 0. The number of halogens is 1. The predicted octanol–water partition coefficient (Wildman–Crippen LogP) is 4.76. The third-order valence-electron chi connectivity index (χ3n) is 3.62. The molecule has 0 fully saturated rings. The summed E-state index contributed by atoms with van der Waals surface area (Å²) in [6.07, 6.45) is 0. The van der Waals surface area contributed by atoms with E-state index in [-0.39, 0.29) is 12.2 Å². The molecule has 3 nitrogen and oxygen atoms in total. The Morgan fingerprint density at radius 3 is 2.00 bits per heavy atom. The third kappa shape index (κ3) is 4.67. The number of rotatable bonds is 6. The summed E-state index contributed by atoms with van der Waals surface area (Å²) >= 11 is 0. The molecule has 4 heteroatoms. The molecule has 0 aliphatic heterocycles. The Bertz CT molecular complexity index is 832. The highest BCUT2D eigenvalue weighted by atomic mass is 19.1. The van der Waals surface area contributed by atoms with Crippen LogP contribution in [0.2, 0.25) is 0 Å². The molecule has 0 radical (unpaired) electrons. The molecule has 0 heterocycles. The smallest absolute Gasteiger partial charge is 0.341 e. The van der Waals surface area contributed by atoms with Gasteiger partial charge in [-0.2, -0.15) is 0 Å². The summed E-state index contributed by atoms with van der Waals surface area (Å²) in [5.74, 6) is -0.999. The molecule has 0 spiro atoms. The quantitative estimate of drug-likeness (QED) is 0.609. The van der Waals surface area contributed by atoms with Crippen LogP contribution in [0.1, 0.15) is 21.5 Å². The van der Waals surface area contributed by atoms with Crippen molar-refractivity contribution in [1.82, 2.24) is 0 Å². The lowest BCUT2D eigenvalue weighted by atomic mass is 10.2. The molecule has 0 aromatic heterocycles. The Balaban J connectivity index is 1.60. The first-order valence-corrected chi connectivity index (χ1v) is 7.90. The van der Waals surface area contributed by atoms with Crippen molar-refractivity contribution in [3.63, 3.8) is 0 Å². The molecule has 0 aliphatic carbocycles. The van der Waals surface area contributed by atoms with Crippen molar-refractivity contribution in [1.29, 1.82) is 0 Å². The van der Waals surface area contributed by atoms with Crippen molar-refractivity contribution < 1.29 is 18.7 Å². The van der Waals surface area contributed by atoms with Crippen LogP contribution in [0.4, 0.5) is 4.39 Å². The number of ether oxygens (including phenoxy) is 2. The molecule has 0 saturated carbocycles. The maximum atomic E-state index is 14.2. The van der Waals surface area contributed by atoms with E-state index in [1.807, 2.05) is 60.7 Å². The van der Waals surface area contributed by atoms with Crippen LogP contribution in [0, 0.1) is 5.82 Å². The summed E-state index contributed by atoms with van der Waals surface area (Å²) < 4.78 is 24.9. The molecule has 126 valence electrons. The average molecular weight is 336 g/mol. The lowest BCUT2D eigenvalue weighted by Crippen LogP contribution is -2.08. The summed E-state index contributed by atoms with van der Waals surface area (Å²) in [5.41, 5.74) is 1.72. The van der Waals surface area contributed by atoms with Crippen molar-refractivity contribution >= 4 is 5.97 Å². The topological polar surface area (TPSA) is 35.5 Å². The Morgan fingerprint density at radius 1 is 0.800 bits per heavy atom. The molecule has 0 N–H and O–H groups in total. The molecule has 0 aliphatic rings. The normalized spacial score (nSPS) is 10.3. The van der Waals surface area contributed by atoms with Gasteiger partial charge in [0.1, 0.15) is 24.8 Å². The largest absolute Gasteiger partial charge is 0.489 e. The zero-order valence-electron chi connectivity index (χ0n) is 13.5. The minimum atomic E-state index is -0.698. The minimum Gasteiger partial charge on any atom is -0.489 e. The van der Waals surface area contributed by atoms with E-state index >= 15 is 0 Å². The van der Waals surface area contributed by atoms with Gasteiger partial charge in [-0.3, -0.25) is 0 Å². The summed E-state index contributed by atoms with van der Waals surface area (Å²) in [6, 6.07) is 23.0. The average Bonchev–Trinajstić information content (AvgIpc) is 2.66. The van der Waals surface area contributed by atoms with Gasteiger partial charge in [0.25, 0.3) is 0 Å². The Kier molecular flexibility index (Phi) is 5.42. The molecule has 3 rings (SSSR count). The van der Waals surface area contributed by atoms with Gasteiger partial charge in [0.15, 0.2) is 0 Å². The first kappa shape index (κ1) is 16.7. The third-order valence-corrected chi connectivity index (χ3v) is 3.62. The highest BCUT2D eigenvalue weighted by Gasteiger charge is 2.14. The molecule has 0 saturated heterocycles. The molecule has 25 heavy (non-hydrogen) atoms. The molecule has 0 amide bonds. The van der Waals surface area contributed by atoms with Crippen LogP contribution in [0.5, 0.6) is 5.75 Å². The molecular weight excluding hydrogens is 319 g/mol. The van der Waals surface area contributed by atoms with E-state index in [4.69, 9.17) is 9.47 Å². The second kappa shape index (κ2) is 8.11. The van der Waals surface area contributed by atoms with Gasteiger partial charge < -0.3 is 9.47 Å². The molecule has 0 bridgehead atoms. The predicted molar refractivity (Wildman–Crippen MR) is 92.7 cm³/mol. The second-order valence-electron chi connectivity index (χ2n) is 5.48. The monoisotopic (exact) mass is 336 g/mol. The SMILES string of the molecule is O=C(OCc1ccccc1)c1ccc(OCc2ccccc2)cc1F. The van der Waals surface area contributed by atoms with Crippen molar-refractivity contribution in [2.24, 2.45) is 0 Å². The Hall–Kier alpha value is -3.14. The standard InChI is InChI=1S/C21H17FO3/c22-20-13-18(24-14-16-7-3-1-4-8-16)11-12-19(20)21(23)25-15-17-9-5-2-6-10-17/h1-13H,14-15H2. The molecule has 0 atom stereocenters. The van der Waals surface area contributed by atoms with Crippen LogP contribution >= 0.6 is 0 Å². The van der Waals surface area contributed by atoms with Crippen LogP contribution in [-0.4, -0.2) is 5.97 Å². The summed E-state index contributed by atoms with van der Waals surface area (Å²) in [5, 5.41) is 0. The van der Waals surface area contributed by atoms with Crippen LogP contribution in [-0.2, 0) is 18.0 Å². The summed E-state index contributed by atoms with van der Waals surface area (Å²) in [6.45, 7) is 0.434. The van der Waals surface area contributed by atoms with Crippen molar-refractivity contribution in [3.05, 3.63) is 101 Å². The van der Waals surface area contributed by atoms with E-state index in [2.05, 4.69) is 0 Å². The number of hydrogen-bond donors (Lipinski definition) is 0. The van der Waals surface area contributed by atoms with Gasteiger partial charge in [0.2, 0.25) is 0 Å². The van der Waals surface area contributed by atoms with Crippen LogP contribution in [0.15, 0.2) is 78.9 Å². The van der Waals surface area contributed by atoms with Gasteiger partial charge in [0.05, 0.1) is 5.56 Å². The number of esters is 1. The van der Waals surface area contributed by atoms with Crippen molar-refractivity contribution in [2.75, 3.05) is 0 Å². The number of benzene rings is 3. The van der Waals surface area contributed by atoms with Crippen LogP contribution < -0.4 is 4.74 Å². The fraction of sp³-hybridized carbons (Fsp3) is 0.0952. The van der Waals surface area contributed by atoms with Gasteiger partial charge in [-0.05, 0) is 23.3 Å². The molecule has 3 aromatic rings. The summed E-state index contributed by atoms with van der Waals surface area (Å²) in [4.78, 5) is 12.0. The minimum absolute atomic E-state index is 0.103. The van der Waals surface area contributed by atoms with E-state index in [0.29, 0.717) is 12.4 Å². The fourth-order valence-electron chi connectivity index (χ4n) is 2.29. The lowest BCUT2D eigenvalue weighted by Gasteiger charge is -2.09. The molecular formula is C21H17FO3. The van der Waals surface area contributed by atoms with E-state index in [9.17, 15) is 9.18 Å². The fourth-order valence-corrected chi connectivity index (χ4v) is 2.29. The van der Waals surface area contributed by atoms with Crippen molar-refractivity contribution in [3.8, 4) is 5.75 Å². The zero-order chi connectivity index (χ0) is 17.5.